The molecule has 4 rings (SSSR count). The molecule has 1 aromatic heterocycles. The van der Waals surface area contributed by atoms with Crippen molar-refractivity contribution in [2.24, 2.45) is 0 Å². The van der Waals surface area contributed by atoms with Gasteiger partial charge in [-0.15, -0.1) is 0 Å². The molecule has 0 radical (unpaired) electrons. The summed E-state index contributed by atoms with van der Waals surface area (Å²) in [5.41, 5.74) is 3.17. The number of aliphatic carboxylic acids is 1. The highest BCUT2D eigenvalue weighted by Crippen LogP contribution is 2.40. The van der Waals surface area contributed by atoms with Crippen molar-refractivity contribution in [3.05, 3.63) is 64.3 Å². The van der Waals surface area contributed by atoms with Crippen LogP contribution in [0.15, 0.2) is 42.5 Å². The Hall–Kier alpha value is -2.96. The lowest BCUT2D eigenvalue weighted by atomic mass is 9.88. The average Bonchev–Trinajstić information content (AvgIpc) is 3.31. The number of pyridine rings is 1. The second kappa shape index (κ2) is 9.35. The van der Waals surface area contributed by atoms with Gasteiger partial charge in [-0.25, -0.2) is 9.78 Å². The molecule has 3 aromatic rings. The number of carbonyl (C=O) groups excluding carboxylic acids is 1. The molecule has 1 atom stereocenters. The molecule has 2 aromatic carbocycles. The number of aryl methyl sites for hydroxylation is 1. The zero-order valence-corrected chi connectivity index (χ0v) is 20.6. The van der Waals surface area contributed by atoms with Crippen LogP contribution in [0.5, 0.6) is 0 Å². The minimum absolute atomic E-state index is 0.0753. The maximum Gasteiger partial charge on any atom is 0.337 e. The minimum Gasteiger partial charge on any atom is -0.479 e. The van der Waals surface area contributed by atoms with E-state index in [1.807, 2.05) is 56.9 Å². The van der Waals surface area contributed by atoms with Crippen molar-refractivity contribution in [2.45, 2.75) is 52.2 Å². The van der Waals surface area contributed by atoms with Crippen molar-refractivity contribution < 1.29 is 19.4 Å². The Balaban J connectivity index is 1.95. The van der Waals surface area contributed by atoms with Gasteiger partial charge in [0.2, 0.25) is 0 Å². The smallest absolute Gasteiger partial charge is 0.337 e. The van der Waals surface area contributed by atoms with E-state index in [9.17, 15) is 14.7 Å². The highest BCUT2D eigenvalue weighted by molar-refractivity contribution is 6.30. The van der Waals surface area contributed by atoms with Gasteiger partial charge in [0.05, 0.1) is 11.1 Å². The van der Waals surface area contributed by atoms with Crippen LogP contribution < -0.4 is 0 Å². The molecule has 2 heterocycles. The number of hydrogen-bond donors (Lipinski definition) is 1. The Bertz CT molecular complexity index is 1240. The van der Waals surface area contributed by atoms with Crippen molar-refractivity contribution in [1.29, 1.82) is 0 Å². The number of likely N-dealkylation sites (tertiary alicyclic amines) is 1. The largest absolute Gasteiger partial charge is 0.479 e. The summed E-state index contributed by atoms with van der Waals surface area (Å²) in [7, 11) is 0. The second-order valence-electron chi connectivity index (χ2n) is 9.70. The molecular formula is C27H29ClN2O4. The summed E-state index contributed by atoms with van der Waals surface area (Å²) in [4.78, 5) is 31.8. The van der Waals surface area contributed by atoms with Gasteiger partial charge in [0.1, 0.15) is 5.69 Å². The molecule has 1 fully saturated rings. The fraction of sp³-hybridized carbons (Fsp3) is 0.370. The van der Waals surface area contributed by atoms with Gasteiger partial charge in [0.15, 0.2) is 6.10 Å². The van der Waals surface area contributed by atoms with E-state index in [1.165, 1.54) is 0 Å². The quantitative estimate of drug-likeness (QED) is 0.481. The van der Waals surface area contributed by atoms with Crippen LogP contribution in [-0.4, -0.2) is 45.6 Å². The van der Waals surface area contributed by atoms with Crippen LogP contribution in [0, 0.1) is 6.92 Å². The molecule has 7 heteroatoms. The Kier molecular flexibility index (Phi) is 6.65. The molecule has 0 aliphatic carbocycles. The summed E-state index contributed by atoms with van der Waals surface area (Å²) in [6, 6.07) is 12.7. The number of ether oxygens (including phenoxy) is 1. The number of benzene rings is 2. The lowest BCUT2D eigenvalue weighted by Crippen LogP contribution is -2.29. The van der Waals surface area contributed by atoms with Gasteiger partial charge in [-0.1, -0.05) is 23.7 Å². The van der Waals surface area contributed by atoms with E-state index in [2.05, 4.69) is 0 Å². The Morgan fingerprint density at radius 1 is 1.09 bits per heavy atom. The summed E-state index contributed by atoms with van der Waals surface area (Å²) in [5.74, 6) is -1.14. The highest BCUT2D eigenvalue weighted by Gasteiger charge is 2.32. The topological polar surface area (TPSA) is 79.7 Å². The average molecular weight is 481 g/mol. The van der Waals surface area contributed by atoms with Crippen molar-refractivity contribution >= 4 is 34.4 Å². The highest BCUT2D eigenvalue weighted by atomic mass is 35.5. The van der Waals surface area contributed by atoms with E-state index in [4.69, 9.17) is 21.3 Å². The maximum absolute atomic E-state index is 12.9. The Morgan fingerprint density at radius 2 is 1.74 bits per heavy atom. The Morgan fingerprint density at radius 3 is 2.32 bits per heavy atom. The predicted molar refractivity (Wildman–Crippen MR) is 133 cm³/mol. The minimum atomic E-state index is -1.18. The second-order valence-corrected chi connectivity index (χ2v) is 10.1. The molecule has 1 N–H and O–H groups in total. The number of nitrogens with zero attached hydrogens (tertiary/aromatic N) is 2. The predicted octanol–water partition coefficient (Wildman–Crippen LogP) is 6.04. The summed E-state index contributed by atoms with van der Waals surface area (Å²) in [6.45, 7) is 8.85. The SMILES string of the molecule is Cc1cc2nc(C(=O)N3CCCC3)ccc2c(-c2ccc(Cl)cc2)c1C(OC(C)(C)C)C(=O)O. The van der Waals surface area contributed by atoms with Crippen molar-refractivity contribution in [1.82, 2.24) is 9.88 Å². The first-order chi connectivity index (χ1) is 16.0. The first kappa shape index (κ1) is 24.2. The summed E-state index contributed by atoms with van der Waals surface area (Å²) >= 11 is 6.13. The van der Waals surface area contributed by atoms with E-state index >= 15 is 0 Å². The standard InChI is InChI=1S/C27H29ClN2O4/c1-16-15-21-19(11-12-20(29-21)25(31)30-13-5-6-14-30)23(17-7-9-18(28)10-8-17)22(16)24(26(32)33)34-27(2,3)4/h7-12,15,24H,5-6,13-14H2,1-4H3,(H,32,33). The van der Waals surface area contributed by atoms with Gasteiger partial charge >= 0.3 is 5.97 Å². The lowest BCUT2D eigenvalue weighted by Gasteiger charge is -2.28. The van der Waals surface area contributed by atoms with E-state index in [-0.39, 0.29) is 5.91 Å². The number of carbonyl (C=O) groups is 2. The molecule has 1 saturated heterocycles. The van der Waals surface area contributed by atoms with Crippen LogP contribution in [0.25, 0.3) is 22.0 Å². The third-order valence-corrected chi connectivity index (χ3v) is 6.20. The fourth-order valence-corrected chi connectivity index (χ4v) is 4.60. The van der Waals surface area contributed by atoms with Crippen LogP contribution in [0.1, 0.15) is 61.3 Å². The van der Waals surface area contributed by atoms with E-state index < -0.39 is 17.7 Å². The third-order valence-electron chi connectivity index (χ3n) is 5.94. The molecule has 178 valence electrons. The molecule has 1 unspecified atom stereocenters. The maximum atomic E-state index is 12.9. The molecule has 1 aliphatic heterocycles. The van der Waals surface area contributed by atoms with Crippen LogP contribution in [0.2, 0.25) is 5.02 Å². The van der Waals surface area contributed by atoms with Gasteiger partial charge in [0, 0.05) is 29.1 Å². The zero-order chi connectivity index (χ0) is 24.6. The van der Waals surface area contributed by atoms with Crippen molar-refractivity contribution in [2.75, 3.05) is 13.1 Å². The lowest BCUT2D eigenvalue weighted by molar-refractivity contribution is -0.160. The Labute approximate surface area is 204 Å². The molecule has 34 heavy (non-hydrogen) atoms. The number of aromatic nitrogens is 1. The third kappa shape index (κ3) is 4.93. The van der Waals surface area contributed by atoms with Gasteiger partial charge in [-0.05, 0) is 87.6 Å². The van der Waals surface area contributed by atoms with Crippen LogP contribution in [-0.2, 0) is 9.53 Å². The molecule has 0 saturated carbocycles. The van der Waals surface area contributed by atoms with Gasteiger partial charge in [0.25, 0.3) is 5.91 Å². The van der Waals surface area contributed by atoms with Gasteiger partial charge < -0.3 is 14.7 Å². The van der Waals surface area contributed by atoms with Crippen LogP contribution in [0.4, 0.5) is 0 Å². The summed E-state index contributed by atoms with van der Waals surface area (Å²) in [6.07, 6.45) is 0.834. The molecular weight excluding hydrogens is 452 g/mol. The van der Waals surface area contributed by atoms with Crippen LogP contribution >= 0.6 is 11.6 Å². The van der Waals surface area contributed by atoms with Crippen LogP contribution in [0.3, 0.4) is 0 Å². The number of hydrogen-bond acceptors (Lipinski definition) is 4. The van der Waals surface area contributed by atoms with E-state index in [0.717, 1.165) is 48.0 Å². The molecule has 1 aliphatic rings. The molecule has 0 spiro atoms. The molecule has 6 nitrogen and oxygen atoms in total. The fourth-order valence-electron chi connectivity index (χ4n) is 4.47. The van der Waals surface area contributed by atoms with Gasteiger partial charge in [-0.2, -0.15) is 0 Å². The number of fused-ring (bicyclic) bond motifs is 1. The van der Waals surface area contributed by atoms with E-state index in [1.54, 1.807) is 18.2 Å². The number of carboxylic acid groups (broad SMARTS) is 1. The normalized spacial score (nSPS) is 15.0. The van der Waals surface area contributed by atoms with Crippen molar-refractivity contribution in [3.63, 3.8) is 0 Å². The molecule has 0 bridgehead atoms. The summed E-state index contributed by atoms with van der Waals surface area (Å²) < 4.78 is 6.02. The first-order valence-electron chi connectivity index (χ1n) is 11.5. The zero-order valence-electron chi connectivity index (χ0n) is 19.9. The first-order valence-corrected chi connectivity index (χ1v) is 11.8. The summed E-state index contributed by atoms with van der Waals surface area (Å²) in [5, 5.41) is 11.5. The number of amides is 1. The van der Waals surface area contributed by atoms with E-state index in [0.29, 0.717) is 21.8 Å². The molecule has 1 amide bonds. The number of carboxylic acids is 1. The number of halogens is 1. The van der Waals surface area contributed by atoms with Crippen molar-refractivity contribution in [3.8, 4) is 11.1 Å². The number of rotatable bonds is 5. The monoisotopic (exact) mass is 480 g/mol. The van der Waals surface area contributed by atoms with Gasteiger partial charge in [-0.3, -0.25) is 4.79 Å².